The summed E-state index contributed by atoms with van der Waals surface area (Å²) in [5.41, 5.74) is 8.25. The van der Waals surface area contributed by atoms with Crippen LogP contribution in [0.5, 0.6) is 5.75 Å². The Morgan fingerprint density at radius 1 is 1.05 bits per heavy atom. The summed E-state index contributed by atoms with van der Waals surface area (Å²) in [6, 6.07) is 13.5. The lowest BCUT2D eigenvalue weighted by molar-refractivity contribution is 0.415. The van der Waals surface area contributed by atoms with Crippen LogP contribution in [-0.2, 0) is 0 Å². The van der Waals surface area contributed by atoms with Gasteiger partial charge in [0.25, 0.3) is 0 Å². The van der Waals surface area contributed by atoms with Crippen molar-refractivity contribution in [3.63, 3.8) is 0 Å². The summed E-state index contributed by atoms with van der Waals surface area (Å²) in [5.74, 6) is 0.803. The van der Waals surface area contributed by atoms with Crippen molar-refractivity contribution in [1.29, 1.82) is 0 Å². The van der Waals surface area contributed by atoms with Crippen LogP contribution in [0, 0.1) is 0 Å². The van der Waals surface area contributed by atoms with Crippen LogP contribution in [0.4, 0.5) is 5.69 Å². The number of nitrogens with two attached hydrogens (primary N) is 1. The molecule has 0 saturated heterocycles. The van der Waals surface area contributed by atoms with Crippen molar-refractivity contribution < 1.29 is 4.74 Å². The molecule has 94 valence electrons. The predicted octanol–water partition coefficient (Wildman–Crippen LogP) is 2.89. The smallest absolute Gasteiger partial charge is 0.119 e. The van der Waals surface area contributed by atoms with E-state index in [4.69, 9.17) is 10.5 Å². The van der Waals surface area contributed by atoms with E-state index in [0.29, 0.717) is 0 Å². The Kier molecular flexibility index (Phi) is 2.76. The second kappa shape index (κ2) is 4.57. The van der Waals surface area contributed by atoms with Crippen LogP contribution in [0.25, 0.3) is 22.0 Å². The lowest BCUT2D eigenvalue weighted by atomic mass is 10.0. The molecule has 0 amide bonds. The van der Waals surface area contributed by atoms with Crippen molar-refractivity contribution in [1.82, 2.24) is 10.2 Å². The van der Waals surface area contributed by atoms with Gasteiger partial charge in [-0.1, -0.05) is 12.1 Å². The monoisotopic (exact) mass is 251 g/mol. The van der Waals surface area contributed by atoms with Gasteiger partial charge in [-0.15, -0.1) is 5.10 Å². The molecule has 4 nitrogen and oxygen atoms in total. The van der Waals surface area contributed by atoms with E-state index in [0.717, 1.165) is 33.5 Å². The van der Waals surface area contributed by atoms with Crippen molar-refractivity contribution in [2.24, 2.45) is 0 Å². The van der Waals surface area contributed by atoms with Crippen LogP contribution in [0.15, 0.2) is 48.7 Å². The Bertz CT molecular complexity index is 723. The third-order valence-electron chi connectivity index (χ3n) is 3.05. The average molecular weight is 251 g/mol. The molecule has 0 aliphatic carbocycles. The molecule has 0 unspecified atom stereocenters. The van der Waals surface area contributed by atoms with Gasteiger partial charge < -0.3 is 10.5 Å². The molecule has 4 heteroatoms. The maximum absolute atomic E-state index is 5.71. The van der Waals surface area contributed by atoms with E-state index in [1.807, 2.05) is 42.5 Å². The lowest BCUT2D eigenvalue weighted by Crippen LogP contribution is -1.91. The molecule has 0 aliphatic rings. The number of benzene rings is 2. The van der Waals surface area contributed by atoms with Crippen LogP contribution in [0.2, 0.25) is 0 Å². The molecular weight excluding hydrogens is 238 g/mol. The predicted molar refractivity (Wildman–Crippen MR) is 75.9 cm³/mol. The molecule has 19 heavy (non-hydrogen) atoms. The molecule has 1 heterocycles. The van der Waals surface area contributed by atoms with Gasteiger partial charge in [-0.25, -0.2) is 0 Å². The van der Waals surface area contributed by atoms with Crippen LogP contribution in [0.1, 0.15) is 0 Å². The standard InChI is InChI=1S/C15H13N3O/c1-19-13-7-4-11-9-17-18-15(14(11)8-13)10-2-5-12(16)6-3-10/h2-9H,16H2,1H3. The van der Waals surface area contributed by atoms with E-state index < -0.39 is 0 Å². The number of anilines is 1. The number of nitrogen functional groups attached to an aromatic ring is 1. The highest BCUT2D eigenvalue weighted by Crippen LogP contribution is 2.29. The quantitative estimate of drug-likeness (QED) is 0.711. The number of aromatic nitrogens is 2. The zero-order valence-electron chi connectivity index (χ0n) is 10.5. The topological polar surface area (TPSA) is 61.0 Å². The summed E-state index contributed by atoms with van der Waals surface area (Å²) in [6.07, 6.45) is 1.75. The minimum atomic E-state index is 0.731. The normalized spacial score (nSPS) is 10.6. The molecule has 0 saturated carbocycles. The highest BCUT2D eigenvalue weighted by atomic mass is 16.5. The molecule has 3 rings (SSSR count). The molecule has 0 radical (unpaired) electrons. The number of hydrogen-bond acceptors (Lipinski definition) is 4. The first kappa shape index (κ1) is 11.5. The fourth-order valence-corrected chi connectivity index (χ4v) is 2.04. The maximum atomic E-state index is 5.71. The van der Waals surface area contributed by atoms with E-state index >= 15 is 0 Å². The fourth-order valence-electron chi connectivity index (χ4n) is 2.04. The zero-order valence-corrected chi connectivity index (χ0v) is 10.5. The molecule has 0 fully saturated rings. The van der Waals surface area contributed by atoms with Crippen molar-refractivity contribution in [2.45, 2.75) is 0 Å². The first-order valence-electron chi connectivity index (χ1n) is 5.93. The van der Waals surface area contributed by atoms with Crippen LogP contribution < -0.4 is 10.5 Å². The fraction of sp³-hybridized carbons (Fsp3) is 0.0667. The van der Waals surface area contributed by atoms with Gasteiger partial charge in [-0.05, 0) is 30.3 Å². The van der Waals surface area contributed by atoms with Gasteiger partial charge in [0.1, 0.15) is 11.4 Å². The molecule has 2 N–H and O–H groups in total. The van der Waals surface area contributed by atoms with Crippen molar-refractivity contribution in [2.75, 3.05) is 12.8 Å². The summed E-state index contributed by atoms with van der Waals surface area (Å²) in [7, 11) is 1.65. The Labute approximate surface area is 110 Å². The molecule has 0 spiro atoms. The Balaban J connectivity index is 2.25. The van der Waals surface area contributed by atoms with Gasteiger partial charge >= 0.3 is 0 Å². The third kappa shape index (κ3) is 2.08. The summed E-state index contributed by atoms with van der Waals surface area (Å²) < 4.78 is 5.26. The van der Waals surface area contributed by atoms with Gasteiger partial charge in [0.2, 0.25) is 0 Å². The molecule has 1 aromatic heterocycles. The second-order valence-corrected chi connectivity index (χ2v) is 4.27. The Morgan fingerprint density at radius 3 is 2.58 bits per heavy atom. The first-order chi connectivity index (χ1) is 9.28. The van der Waals surface area contributed by atoms with Gasteiger partial charge in [-0.3, -0.25) is 0 Å². The first-order valence-corrected chi connectivity index (χ1v) is 5.93. The molecule has 0 bridgehead atoms. The molecule has 0 aliphatic heterocycles. The minimum absolute atomic E-state index is 0.731. The van der Waals surface area contributed by atoms with Crippen LogP contribution in [-0.4, -0.2) is 17.3 Å². The minimum Gasteiger partial charge on any atom is -0.497 e. The number of nitrogens with zero attached hydrogens (tertiary/aromatic N) is 2. The Hall–Kier alpha value is -2.62. The van der Waals surface area contributed by atoms with E-state index in [-0.39, 0.29) is 0 Å². The zero-order chi connectivity index (χ0) is 13.2. The summed E-state index contributed by atoms with van der Waals surface area (Å²) in [5, 5.41) is 10.3. The molecule has 0 atom stereocenters. The highest BCUT2D eigenvalue weighted by molar-refractivity contribution is 5.94. The molecule has 2 aromatic carbocycles. The van der Waals surface area contributed by atoms with Crippen LogP contribution in [0.3, 0.4) is 0 Å². The van der Waals surface area contributed by atoms with Crippen molar-refractivity contribution in [3.05, 3.63) is 48.7 Å². The second-order valence-electron chi connectivity index (χ2n) is 4.27. The molecule has 3 aromatic rings. The maximum Gasteiger partial charge on any atom is 0.119 e. The number of ether oxygens (including phenoxy) is 1. The average Bonchev–Trinajstić information content (AvgIpc) is 2.47. The molecular formula is C15H13N3O. The Morgan fingerprint density at radius 2 is 1.84 bits per heavy atom. The van der Waals surface area contributed by atoms with E-state index in [1.54, 1.807) is 13.3 Å². The lowest BCUT2D eigenvalue weighted by Gasteiger charge is -2.07. The van der Waals surface area contributed by atoms with E-state index in [9.17, 15) is 0 Å². The summed E-state index contributed by atoms with van der Waals surface area (Å²) in [6.45, 7) is 0. The van der Waals surface area contributed by atoms with Gasteiger partial charge in [-0.2, -0.15) is 5.10 Å². The summed E-state index contributed by atoms with van der Waals surface area (Å²) >= 11 is 0. The van der Waals surface area contributed by atoms with Crippen molar-refractivity contribution in [3.8, 4) is 17.0 Å². The number of fused-ring (bicyclic) bond motifs is 1. The SMILES string of the molecule is COc1ccc2cnnc(-c3ccc(N)cc3)c2c1. The largest absolute Gasteiger partial charge is 0.497 e. The van der Waals surface area contributed by atoms with Gasteiger partial charge in [0.15, 0.2) is 0 Å². The number of methoxy groups -OCH3 is 1. The third-order valence-corrected chi connectivity index (χ3v) is 3.05. The van der Waals surface area contributed by atoms with Gasteiger partial charge in [0, 0.05) is 22.0 Å². The van der Waals surface area contributed by atoms with E-state index in [1.165, 1.54) is 0 Å². The van der Waals surface area contributed by atoms with E-state index in [2.05, 4.69) is 10.2 Å². The highest BCUT2D eigenvalue weighted by Gasteiger charge is 2.07. The number of rotatable bonds is 2. The van der Waals surface area contributed by atoms with Gasteiger partial charge in [0.05, 0.1) is 13.3 Å². The van der Waals surface area contributed by atoms with Crippen LogP contribution >= 0.6 is 0 Å². The van der Waals surface area contributed by atoms with Crippen molar-refractivity contribution >= 4 is 16.5 Å². The summed E-state index contributed by atoms with van der Waals surface area (Å²) in [4.78, 5) is 0. The number of hydrogen-bond donors (Lipinski definition) is 1.